The molecule has 0 aliphatic heterocycles. The molecule has 0 aliphatic rings. The summed E-state index contributed by atoms with van der Waals surface area (Å²) in [7, 11) is 0.722. The normalized spacial score (nSPS) is 11.6. The molecule has 0 bridgehead atoms. The van der Waals surface area contributed by atoms with Crippen molar-refractivity contribution in [2.45, 2.75) is 20.8 Å². The van der Waals surface area contributed by atoms with E-state index in [1.165, 1.54) is 38.1 Å². The third-order valence-corrected chi connectivity index (χ3v) is 5.63. The largest absolute Gasteiger partial charge is 0.0616 e. The summed E-state index contributed by atoms with van der Waals surface area (Å²) in [4.78, 5) is 0. The predicted molar refractivity (Wildman–Crippen MR) is 92.2 cm³/mol. The lowest BCUT2D eigenvalue weighted by molar-refractivity contribution is 1.29. The average molecular weight is 278 g/mol. The molecule has 100 valence electrons. The molecule has 0 spiro atoms. The van der Waals surface area contributed by atoms with Crippen molar-refractivity contribution in [3.05, 3.63) is 71.3 Å². The first-order chi connectivity index (χ1) is 9.66. The van der Waals surface area contributed by atoms with E-state index in [0.29, 0.717) is 0 Å². The van der Waals surface area contributed by atoms with Crippen LogP contribution in [-0.2, 0) is 0 Å². The van der Waals surface area contributed by atoms with Gasteiger partial charge in [0.15, 0.2) is 0 Å². The van der Waals surface area contributed by atoms with Gasteiger partial charge in [-0.1, -0.05) is 63.2 Å². The second kappa shape index (κ2) is 5.38. The predicted octanol–water partition coefficient (Wildman–Crippen LogP) is 4.39. The minimum absolute atomic E-state index is 0.722. The van der Waals surface area contributed by atoms with Crippen LogP contribution < -0.4 is 10.6 Å². The molecule has 0 aliphatic carbocycles. The number of benzene rings is 3. The summed E-state index contributed by atoms with van der Waals surface area (Å²) >= 11 is 0. The SMILES string of the molecule is Cc1ccc(Pc2cccc3ccccc23)c(C)c1C. The zero-order chi connectivity index (χ0) is 14.1. The first-order valence-corrected chi connectivity index (χ1v) is 7.98. The fourth-order valence-electron chi connectivity index (χ4n) is 2.57. The molecule has 1 atom stereocenters. The molecular formula is C19H19P. The molecule has 0 aromatic heterocycles. The summed E-state index contributed by atoms with van der Waals surface area (Å²) in [5.41, 5.74) is 4.25. The fraction of sp³-hybridized carbons (Fsp3) is 0.158. The highest BCUT2D eigenvalue weighted by molar-refractivity contribution is 7.56. The van der Waals surface area contributed by atoms with Gasteiger partial charge >= 0.3 is 0 Å². The van der Waals surface area contributed by atoms with Crippen molar-refractivity contribution >= 4 is 30.0 Å². The van der Waals surface area contributed by atoms with Crippen molar-refractivity contribution in [2.24, 2.45) is 0 Å². The first-order valence-electron chi connectivity index (χ1n) is 6.98. The lowest BCUT2D eigenvalue weighted by atomic mass is 10.1. The van der Waals surface area contributed by atoms with Gasteiger partial charge in [0, 0.05) is 0 Å². The van der Waals surface area contributed by atoms with Gasteiger partial charge in [-0.3, -0.25) is 0 Å². The maximum atomic E-state index is 2.29. The average Bonchev–Trinajstić information content (AvgIpc) is 2.48. The van der Waals surface area contributed by atoms with Gasteiger partial charge in [-0.25, -0.2) is 0 Å². The van der Waals surface area contributed by atoms with Gasteiger partial charge in [0.05, 0.1) is 0 Å². The molecule has 0 radical (unpaired) electrons. The minimum Gasteiger partial charge on any atom is -0.0616 e. The van der Waals surface area contributed by atoms with E-state index in [4.69, 9.17) is 0 Å². The number of fused-ring (bicyclic) bond motifs is 1. The highest BCUT2D eigenvalue weighted by atomic mass is 31.1. The quantitative estimate of drug-likeness (QED) is 0.610. The summed E-state index contributed by atoms with van der Waals surface area (Å²) in [5, 5.41) is 5.61. The Balaban J connectivity index is 2.08. The van der Waals surface area contributed by atoms with Crippen LogP contribution in [0.3, 0.4) is 0 Å². The van der Waals surface area contributed by atoms with E-state index < -0.39 is 0 Å². The molecule has 20 heavy (non-hydrogen) atoms. The van der Waals surface area contributed by atoms with Gasteiger partial charge in [-0.15, -0.1) is 0 Å². The Bertz CT molecular complexity index is 767. The Morgan fingerprint density at radius 2 is 1.40 bits per heavy atom. The van der Waals surface area contributed by atoms with E-state index in [9.17, 15) is 0 Å². The maximum absolute atomic E-state index is 2.29. The minimum atomic E-state index is 0.722. The van der Waals surface area contributed by atoms with E-state index in [-0.39, 0.29) is 0 Å². The second-order valence-corrected chi connectivity index (χ2v) is 6.66. The second-order valence-electron chi connectivity index (χ2n) is 5.33. The van der Waals surface area contributed by atoms with Crippen LogP contribution >= 0.6 is 8.58 Å². The zero-order valence-corrected chi connectivity index (χ0v) is 13.2. The van der Waals surface area contributed by atoms with Crippen molar-refractivity contribution in [1.82, 2.24) is 0 Å². The van der Waals surface area contributed by atoms with E-state index in [1.807, 2.05) is 0 Å². The highest BCUT2D eigenvalue weighted by Crippen LogP contribution is 2.22. The van der Waals surface area contributed by atoms with Crippen LogP contribution in [-0.4, -0.2) is 0 Å². The fourth-order valence-corrected chi connectivity index (χ4v) is 3.94. The number of hydrogen-bond donors (Lipinski definition) is 0. The van der Waals surface area contributed by atoms with Crippen LogP contribution in [0, 0.1) is 20.8 Å². The molecular weight excluding hydrogens is 259 g/mol. The monoisotopic (exact) mass is 278 g/mol. The molecule has 1 heteroatoms. The van der Waals surface area contributed by atoms with Crippen LogP contribution in [0.2, 0.25) is 0 Å². The molecule has 0 fully saturated rings. The summed E-state index contributed by atoms with van der Waals surface area (Å²) in [6.07, 6.45) is 0. The molecule has 0 amide bonds. The molecule has 3 rings (SSSR count). The molecule has 0 saturated carbocycles. The van der Waals surface area contributed by atoms with Crippen LogP contribution in [0.1, 0.15) is 16.7 Å². The lowest BCUT2D eigenvalue weighted by Crippen LogP contribution is -2.09. The Morgan fingerprint density at radius 3 is 2.25 bits per heavy atom. The molecule has 0 saturated heterocycles. The third kappa shape index (κ3) is 2.37. The van der Waals surface area contributed by atoms with E-state index in [0.717, 1.165) is 8.58 Å². The van der Waals surface area contributed by atoms with E-state index in [1.54, 1.807) is 0 Å². The van der Waals surface area contributed by atoms with Gasteiger partial charge < -0.3 is 0 Å². The topological polar surface area (TPSA) is 0 Å². The van der Waals surface area contributed by atoms with Gasteiger partial charge in [0.2, 0.25) is 0 Å². The standard InChI is InChI=1S/C19H19P/c1-13-11-12-18(15(3)14(13)2)20-19-10-6-8-16-7-4-5-9-17(16)19/h4-12,20H,1-3H3. The third-order valence-electron chi connectivity index (χ3n) is 4.12. The zero-order valence-electron chi connectivity index (χ0n) is 12.2. The molecule has 0 heterocycles. The summed E-state index contributed by atoms with van der Waals surface area (Å²) < 4.78 is 0. The Hall–Kier alpha value is -1.65. The summed E-state index contributed by atoms with van der Waals surface area (Å²) in [6.45, 7) is 6.66. The maximum Gasteiger partial charge on any atom is -0.0106 e. The smallest absolute Gasteiger partial charge is 0.0106 e. The Labute approximate surface area is 122 Å². The van der Waals surface area contributed by atoms with Crippen molar-refractivity contribution in [2.75, 3.05) is 0 Å². The van der Waals surface area contributed by atoms with E-state index >= 15 is 0 Å². The van der Waals surface area contributed by atoms with E-state index in [2.05, 4.69) is 75.4 Å². The number of aryl methyl sites for hydroxylation is 1. The van der Waals surface area contributed by atoms with Crippen molar-refractivity contribution in [3.8, 4) is 0 Å². The van der Waals surface area contributed by atoms with Crippen molar-refractivity contribution in [1.29, 1.82) is 0 Å². The summed E-state index contributed by atoms with van der Waals surface area (Å²) in [6, 6.07) is 19.8. The summed E-state index contributed by atoms with van der Waals surface area (Å²) in [5.74, 6) is 0. The Morgan fingerprint density at radius 1 is 0.650 bits per heavy atom. The number of hydrogen-bond acceptors (Lipinski definition) is 0. The molecule has 1 unspecified atom stereocenters. The van der Waals surface area contributed by atoms with Crippen LogP contribution in [0.4, 0.5) is 0 Å². The molecule has 0 N–H and O–H groups in total. The molecule has 0 nitrogen and oxygen atoms in total. The Kier molecular flexibility index (Phi) is 3.59. The lowest BCUT2D eigenvalue weighted by Gasteiger charge is -2.13. The number of rotatable bonds is 2. The van der Waals surface area contributed by atoms with Crippen molar-refractivity contribution in [3.63, 3.8) is 0 Å². The molecule has 3 aromatic carbocycles. The van der Waals surface area contributed by atoms with Gasteiger partial charge in [0.25, 0.3) is 0 Å². The highest BCUT2D eigenvalue weighted by Gasteiger charge is 2.06. The van der Waals surface area contributed by atoms with Gasteiger partial charge in [-0.05, 0) is 58.8 Å². The molecule has 3 aromatic rings. The van der Waals surface area contributed by atoms with Crippen LogP contribution in [0.15, 0.2) is 54.6 Å². The van der Waals surface area contributed by atoms with Crippen molar-refractivity contribution < 1.29 is 0 Å². The van der Waals surface area contributed by atoms with Crippen LogP contribution in [0.25, 0.3) is 10.8 Å². The first kappa shape index (κ1) is 13.3. The van der Waals surface area contributed by atoms with Gasteiger partial charge in [0.1, 0.15) is 0 Å². The van der Waals surface area contributed by atoms with Crippen LogP contribution in [0.5, 0.6) is 0 Å². The van der Waals surface area contributed by atoms with Gasteiger partial charge in [-0.2, -0.15) is 0 Å².